The maximum Gasteiger partial charge on any atom is 0.417 e. The summed E-state index contributed by atoms with van der Waals surface area (Å²) in [6.07, 6.45) is 2.10. The summed E-state index contributed by atoms with van der Waals surface area (Å²) in [7, 11) is 0. The van der Waals surface area contributed by atoms with Crippen LogP contribution in [-0.2, 0) is 13.0 Å². The topological polar surface area (TPSA) is 103 Å². The van der Waals surface area contributed by atoms with Gasteiger partial charge in [-0.2, -0.15) is 5.26 Å². The van der Waals surface area contributed by atoms with Crippen LogP contribution in [0.2, 0.25) is 0 Å². The molecule has 0 aliphatic carbocycles. The number of benzene rings is 2. The summed E-state index contributed by atoms with van der Waals surface area (Å²) in [6, 6.07) is 18.3. The van der Waals surface area contributed by atoms with Crippen LogP contribution in [0, 0.1) is 11.3 Å². The summed E-state index contributed by atoms with van der Waals surface area (Å²) in [5.41, 5.74) is 4.66. The van der Waals surface area contributed by atoms with Crippen LogP contribution in [0.4, 0.5) is 0 Å². The van der Waals surface area contributed by atoms with Crippen molar-refractivity contribution in [3.05, 3.63) is 99.3 Å². The number of nitrogens with zero attached hydrogens (tertiary/aromatic N) is 3. The van der Waals surface area contributed by atoms with E-state index >= 15 is 0 Å². The van der Waals surface area contributed by atoms with E-state index in [0.29, 0.717) is 40.9 Å². The number of nitriles is 1. The van der Waals surface area contributed by atoms with Crippen LogP contribution in [0.25, 0.3) is 11.1 Å². The number of carbonyl (C=O) groups is 1. The van der Waals surface area contributed by atoms with E-state index in [-0.39, 0.29) is 11.9 Å². The van der Waals surface area contributed by atoms with Crippen LogP contribution in [0.1, 0.15) is 38.8 Å². The van der Waals surface area contributed by atoms with Gasteiger partial charge in [-0.1, -0.05) is 24.3 Å². The molecule has 0 spiro atoms. The molecule has 7 nitrogen and oxygen atoms in total. The molecule has 0 saturated heterocycles. The zero-order valence-corrected chi connectivity index (χ0v) is 15.8. The van der Waals surface area contributed by atoms with Crippen molar-refractivity contribution >= 4 is 17.0 Å². The molecule has 1 N–H and O–H groups in total. The fraction of sp³-hybridized carbons (Fsp3) is 0.130. The first kappa shape index (κ1) is 17.9. The van der Waals surface area contributed by atoms with Crippen LogP contribution in [-0.4, -0.2) is 20.8 Å². The number of nitrogens with one attached hydrogen (secondary N) is 1. The van der Waals surface area contributed by atoms with Crippen LogP contribution in [0.3, 0.4) is 0 Å². The lowest BCUT2D eigenvalue weighted by atomic mass is 9.98. The van der Waals surface area contributed by atoms with Gasteiger partial charge >= 0.3 is 5.76 Å². The van der Waals surface area contributed by atoms with Gasteiger partial charge < -0.3 is 9.32 Å². The predicted molar refractivity (Wildman–Crippen MR) is 109 cm³/mol. The number of oxazole rings is 1. The number of aromatic nitrogens is 2. The second-order valence-corrected chi connectivity index (χ2v) is 7.19. The molecular formula is C23H16N4O3. The Hall–Kier alpha value is -4.18. The summed E-state index contributed by atoms with van der Waals surface area (Å²) in [6.45, 7) is 0.345. The summed E-state index contributed by atoms with van der Waals surface area (Å²) in [5, 5.41) is 9.43. The van der Waals surface area contributed by atoms with Crippen molar-refractivity contribution in [3.63, 3.8) is 0 Å². The van der Waals surface area contributed by atoms with Crippen molar-refractivity contribution in [1.29, 1.82) is 5.26 Å². The van der Waals surface area contributed by atoms with Gasteiger partial charge in [-0.15, -0.1) is 0 Å². The van der Waals surface area contributed by atoms with Gasteiger partial charge in [0.2, 0.25) is 0 Å². The second kappa shape index (κ2) is 7.01. The summed E-state index contributed by atoms with van der Waals surface area (Å²) < 4.78 is 5.15. The molecular weight excluding hydrogens is 380 g/mol. The van der Waals surface area contributed by atoms with Crippen molar-refractivity contribution in [2.75, 3.05) is 0 Å². The molecule has 7 heteroatoms. The number of fused-ring (bicyclic) bond motifs is 2. The van der Waals surface area contributed by atoms with Crippen LogP contribution < -0.4 is 5.76 Å². The minimum Gasteiger partial charge on any atom is -0.408 e. The lowest BCUT2D eigenvalue weighted by Gasteiger charge is -2.25. The number of pyridine rings is 1. The molecule has 1 aliphatic rings. The minimum atomic E-state index is -0.510. The van der Waals surface area contributed by atoms with E-state index in [1.54, 1.807) is 35.4 Å². The van der Waals surface area contributed by atoms with Gasteiger partial charge in [-0.25, -0.2) is 4.79 Å². The number of hydrogen-bond donors (Lipinski definition) is 1. The zero-order chi connectivity index (χ0) is 20.7. The molecule has 0 fully saturated rings. The maximum atomic E-state index is 13.2. The van der Waals surface area contributed by atoms with Gasteiger partial charge in [-0.3, -0.25) is 14.8 Å². The molecule has 1 aliphatic heterocycles. The molecule has 0 unspecified atom stereocenters. The Morgan fingerprint density at radius 1 is 1.13 bits per heavy atom. The van der Waals surface area contributed by atoms with Crippen molar-refractivity contribution in [1.82, 2.24) is 14.9 Å². The smallest absolute Gasteiger partial charge is 0.408 e. The molecule has 4 aromatic rings. The second-order valence-electron chi connectivity index (χ2n) is 7.19. The number of aromatic amines is 1. The third kappa shape index (κ3) is 2.95. The third-order valence-electron chi connectivity index (χ3n) is 5.42. The van der Waals surface area contributed by atoms with Crippen molar-refractivity contribution < 1.29 is 9.21 Å². The summed E-state index contributed by atoms with van der Waals surface area (Å²) in [4.78, 5) is 33.4. The molecule has 2 aromatic carbocycles. The third-order valence-corrected chi connectivity index (χ3v) is 5.42. The highest BCUT2D eigenvalue weighted by molar-refractivity contribution is 5.99. The highest BCUT2D eigenvalue weighted by atomic mass is 16.4. The minimum absolute atomic E-state index is 0.0688. The van der Waals surface area contributed by atoms with Gasteiger partial charge in [0.25, 0.3) is 5.91 Å². The summed E-state index contributed by atoms with van der Waals surface area (Å²) >= 11 is 0. The molecule has 0 radical (unpaired) electrons. The molecule has 2 aromatic heterocycles. The molecule has 30 heavy (non-hydrogen) atoms. The SMILES string of the molecule is N#Cc1cccnc1C[C@@H]1c2ccccc2C(=O)N1Cc1ccc2[nH]c(=O)oc2c1. The van der Waals surface area contributed by atoms with E-state index in [2.05, 4.69) is 16.0 Å². The van der Waals surface area contributed by atoms with Gasteiger partial charge in [0.15, 0.2) is 5.58 Å². The van der Waals surface area contributed by atoms with E-state index in [9.17, 15) is 14.9 Å². The number of hydrogen-bond acceptors (Lipinski definition) is 5. The average Bonchev–Trinajstić information content (AvgIpc) is 3.26. The van der Waals surface area contributed by atoms with E-state index < -0.39 is 5.76 Å². The van der Waals surface area contributed by atoms with E-state index in [4.69, 9.17) is 4.42 Å². The molecule has 0 bridgehead atoms. The predicted octanol–water partition coefficient (Wildman–Crippen LogP) is 3.33. The Balaban J connectivity index is 1.53. The quantitative estimate of drug-likeness (QED) is 0.570. The maximum absolute atomic E-state index is 13.2. The highest BCUT2D eigenvalue weighted by Crippen LogP contribution is 2.37. The first-order valence-electron chi connectivity index (χ1n) is 9.49. The van der Waals surface area contributed by atoms with Crippen LogP contribution in [0.15, 0.2) is 70.0 Å². The first-order valence-corrected chi connectivity index (χ1v) is 9.49. The fourth-order valence-electron chi connectivity index (χ4n) is 4.02. The van der Waals surface area contributed by atoms with Crippen molar-refractivity contribution in [3.8, 4) is 6.07 Å². The Bertz CT molecular complexity index is 1380. The molecule has 3 heterocycles. The van der Waals surface area contributed by atoms with E-state index in [1.807, 2.05) is 30.3 Å². The largest absolute Gasteiger partial charge is 0.417 e. The number of rotatable bonds is 4. The monoisotopic (exact) mass is 396 g/mol. The Kier molecular flexibility index (Phi) is 4.18. The van der Waals surface area contributed by atoms with Gasteiger partial charge in [0, 0.05) is 24.7 Å². The normalized spacial score (nSPS) is 15.4. The van der Waals surface area contributed by atoms with Crippen molar-refractivity contribution in [2.24, 2.45) is 0 Å². The first-order chi connectivity index (χ1) is 14.6. The van der Waals surface area contributed by atoms with Gasteiger partial charge in [0.05, 0.1) is 22.8 Å². The fourth-order valence-corrected chi connectivity index (χ4v) is 4.02. The van der Waals surface area contributed by atoms with Crippen molar-refractivity contribution in [2.45, 2.75) is 19.0 Å². The Morgan fingerprint density at radius 2 is 2.00 bits per heavy atom. The van der Waals surface area contributed by atoms with E-state index in [1.165, 1.54) is 0 Å². The van der Waals surface area contributed by atoms with Crippen LogP contribution >= 0.6 is 0 Å². The van der Waals surface area contributed by atoms with Crippen LogP contribution in [0.5, 0.6) is 0 Å². The van der Waals surface area contributed by atoms with E-state index in [0.717, 1.165) is 11.1 Å². The molecule has 0 saturated carbocycles. The number of H-pyrrole nitrogens is 1. The van der Waals surface area contributed by atoms with Gasteiger partial charge in [0.1, 0.15) is 6.07 Å². The lowest BCUT2D eigenvalue weighted by molar-refractivity contribution is 0.0708. The summed E-state index contributed by atoms with van der Waals surface area (Å²) in [5.74, 6) is -0.579. The number of carbonyl (C=O) groups excluding carboxylic acids is 1. The molecule has 5 rings (SSSR count). The molecule has 1 atom stereocenters. The average molecular weight is 396 g/mol. The number of amides is 1. The lowest BCUT2D eigenvalue weighted by Crippen LogP contribution is -2.29. The highest BCUT2D eigenvalue weighted by Gasteiger charge is 2.37. The molecule has 1 amide bonds. The standard InChI is InChI=1S/C23H16N4O3/c24-12-15-4-3-9-25-19(15)11-20-16-5-1-2-6-17(16)22(28)27(20)13-14-7-8-18-21(10-14)30-23(29)26-18/h1-10,20H,11,13H2,(H,26,29)/t20-/m1/s1. The zero-order valence-electron chi connectivity index (χ0n) is 15.8. The Morgan fingerprint density at radius 3 is 2.87 bits per heavy atom. The van der Waals surface area contributed by atoms with Gasteiger partial charge in [-0.05, 0) is 41.5 Å². The Labute approximate surface area is 171 Å². The molecule has 146 valence electrons.